The summed E-state index contributed by atoms with van der Waals surface area (Å²) in [5.74, 6) is 1.14. The molecule has 7 heteroatoms. The summed E-state index contributed by atoms with van der Waals surface area (Å²) in [5, 5.41) is 7.84. The van der Waals surface area contributed by atoms with Crippen LogP contribution in [0.3, 0.4) is 0 Å². The molecule has 0 saturated carbocycles. The lowest BCUT2D eigenvalue weighted by Gasteiger charge is -2.26. The van der Waals surface area contributed by atoms with Crippen LogP contribution in [0.25, 0.3) is 16.9 Å². The number of hydrogen-bond acceptors (Lipinski definition) is 5. The summed E-state index contributed by atoms with van der Waals surface area (Å²) in [4.78, 5) is 15.6. The van der Waals surface area contributed by atoms with Crippen molar-refractivity contribution in [2.75, 3.05) is 40.4 Å². The predicted molar refractivity (Wildman–Crippen MR) is 125 cm³/mol. The summed E-state index contributed by atoms with van der Waals surface area (Å²) in [7, 11) is 3.21. The number of amides is 1. The van der Waals surface area contributed by atoms with Gasteiger partial charge in [0.2, 0.25) is 0 Å². The van der Waals surface area contributed by atoms with Crippen LogP contribution in [-0.4, -0.2) is 61.0 Å². The summed E-state index contributed by atoms with van der Waals surface area (Å²) < 4.78 is 12.6. The van der Waals surface area contributed by atoms with Gasteiger partial charge in [-0.15, -0.1) is 0 Å². The van der Waals surface area contributed by atoms with Crippen LogP contribution < -0.4 is 14.8 Å². The number of aromatic nitrogens is 2. The monoisotopic (exact) mass is 434 g/mol. The van der Waals surface area contributed by atoms with Crippen LogP contribution in [-0.2, 0) is 0 Å². The van der Waals surface area contributed by atoms with Crippen molar-refractivity contribution in [2.24, 2.45) is 0 Å². The molecule has 0 radical (unpaired) electrons. The highest BCUT2D eigenvalue weighted by atomic mass is 16.5. The lowest BCUT2D eigenvalue weighted by Crippen LogP contribution is -2.37. The number of carbonyl (C=O) groups is 1. The number of carbonyl (C=O) groups excluding carboxylic acids is 1. The molecule has 32 heavy (non-hydrogen) atoms. The number of nitrogens with one attached hydrogen (secondary N) is 1. The van der Waals surface area contributed by atoms with Gasteiger partial charge in [0.25, 0.3) is 5.91 Å². The molecule has 0 bridgehead atoms. The first kappa shape index (κ1) is 21.9. The van der Waals surface area contributed by atoms with Crippen molar-refractivity contribution in [3.8, 4) is 28.4 Å². The van der Waals surface area contributed by atoms with Crippen LogP contribution in [0.2, 0.25) is 0 Å². The zero-order valence-corrected chi connectivity index (χ0v) is 18.7. The average Bonchev–Trinajstić information content (AvgIpc) is 3.30. The second kappa shape index (κ2) is 10.3. The van der Waals surface area contributed by atoms with Gasteiger partial charge >= 0.3 is 0 Å². The molecule has 1 N–H and O–H groups in total. The van der Waals surface area contributed by atoms with Gasteiger partial charge < -0.3 is 19.7 Å². The van der Waals surface area contributed by atoms with Crippen LogP contribution in [0.1, 0.15) is 29.6 Å². The molecule has 2 heterocycles. The Bertz CT molecular complexity index is 1040. The number of likely N-dealkylation sites (tertiary alicyclic amines) is 1. The van der Waals surface area contributed by atoms with Gasteiger partial charge in [0, 0.05) is 30.9 Å². The number of hydrogen-bond donors (Lipinski definition) is 1. The molecular weight excluding hydrogens is 404 g/mol. The Morgan fingerprint density at radius 3 is 2.53 bits per heavy atom. The van der Waals surface area contributed by atoms with Gasteiger partial charge in [-0.25, -0.2) is 4.68 Å². The third-order valence-corrected chi connectivity index (χ3v) is 5.81. The average molecular weight is 435 g/mol. The molecule has 0 unspecified atom stereocenters. The van der Waals surface area contributed by atoms with E-state index in [-0.39, 0.29) is 5.91 Å². The van der Waals surface area contributed by atoms with E-state index in [1.54, 1.807) is 31.2 Å². The second-order valence-corrected chi connectivity index (χ2v) is 7.90. The maximum atomic E-state index is 13.2. The smallest absolute Gasteiger partial charge is 0.255 e. The number of para-hydroxylation sites is 1. The van der Waals surface area contributed by atoms with Crippen LogP contribution in [0, 0.1) is 0 Å². The topological polar surface area (TPSA) is 68.6 Å². The summed E-state index contributed by atoms with van der Waals surface area (Å²) in [6.07, 6.45) is 5.55. The van der Waals surface area contributed by atoms with E-state index in [2.05, 4.69) is 10.2 Å². The van der Waals surface area contributed by atoms with Gasteiger partial charge in [0.05, 0.1) is 25.5 Å². The summed E-state index contributed by atoms with van der Waals surface area (Å²) in [6, 6.07) is 15.3. The first-order chi connectivity index (χ1) is 15.7. The van der Waals surface area contributed by atoms with Crippen molar-refractivity contribution < 1.29 is 14.3 Å². The van der Waals surface area contributed by atoms with E-state index in [1.165, 1.54) is 19.3 Å². The number of ether oxygens (including phenoxy) is 2. The molecule has 1 aliphatic heterocycles. The van der Waals surface area contributed by atoms with Gasteiger partial charge in [0.1, 0.15) is 17.2 Å². The van der Waals surface area contributed by atoms with Crippen LogP contribution in [0.15, 0.2) is 54.7 Å². The lowest BCUT2D eigenvalue weighted by molar-refractivity contribution is 0.0947. The molecule has 168 valence electrons. The molecule has 1 aromatic heterocycles. The Balaban J connectivity index is 1.63. The number of nitrogens with zero attached hydrogens (tertiary/aromatic N) is 3. The molecule has 1 saturated heterocycles. The van der Waals surface area contributed by atoms with E-state index < -0.39 is 0 Å². The van der Waals surface area contributed by atoms with Crippen molar-refractivity contribution in [1.82, 2.24) is 20.0 Å². The van der Waals surface area contributed by atoms with E-state index in [1.807, 2.05) is 42.5 Å². The molecule has 0 spiro atoms. The normalized spacial score (nSPS) is 14.2. The van der Waals surface area contributed by atoms with Gasteiger partial charge in [-0.05, 0) is 50.2 Å². The molecule has 0 aliphatic carbocycles. The standard InChI is InChI=1S/C25H30N4O3/c1-31-20-11-12-21(23(17-20)32-2)24-22(18-29(27-24)19-9-5-3-6-10-19)25(30)26-13-16-28-14-7-4-8-15-28/h3,5-6,9-12,17-18H,4,7-8,13-16H2,1-2H3,(H,26,30). The van der Waals surface area contributed by atoms with E-state index in [9.17, 15) is 4.79 Å². The molecule has 3 aromatic rings. The van der Waals surface area contributed by atoms with Gasteiger partial charge in [-0.2, -0.15) is 5.10 Å². The van der Waals surface area contributed by atoms with E-state index in [4.69, 9.17) is 14.6 Å². The SMILES string of the molecule is COc1ccc(-c2nn(-c3ccccc3)cc2C(=O)NCCN2CCCCC2)c(OC)c1. The Morgan fingerprint density at radius 1 is 1.03 bits per heavy atom. The molecule has 2 aromatic carbocycles. The summed E-state index contributed by atoms with van der Waals surface area (Å²) in [5.41, 5.74) is 2.71. The van der Waals surface area contributed by atoms with Crippen LogP contribution in [0.4, 0.5) is 0 Å². The quantitative estimate of drug-likeness (QED) is 0.585. The molecule has 1 fully saturated rings. The number of rotatable bonds is 8. The second-order valence-electron chi connectivity index (χ2n) is 7.90. The van der Waals surface area contributed by atoms with Crippen molar-refractivity contribution in [2.45, 2.75) is 19.3 Å². The minimum Gasteiger partial charge on any atom is -0.497 e. The van der Waals surface area contributed by atoms with Crippen molar-refractivity contribution >= 4 is 5.91 Å². The number of benzene rings is 2. The Kier molecular flexibility index (Phi) is 7.07. The molecule has 0 atom stereocenters. The molecular formula is C25H30N4O3. The third-order valence-electron chi connectivity index (χ3n) is 5.81. The van der Waals surface area contributed by atoms with E-state index in [0.29, 0.717) is 29.3 Å². The fraction of sp³-hybridized carbons (Fsp3) is 0.360. The third kappa shape index (κ3) is 4.94. The van der Waals surface area contributed by atoms with Gasteiger partial charge in [0.15, 0.2) is 0 Å². The highest BCUT2D eigenvalue weighted by Gasteiger charge is 2.22. The summed E-state index contributed by atoms with van der Waals surface area (Å²) >= 11 is 0. The highest BCUT2D eigenvalue weighted by Crippen LogP contribution is 2.34. The molecule has 1 aliphatic rings. The first-order valence-corrected chi connectivity index (χ1v) is 11.1. The minimum absolute atomic E-state index is 0.142. The van der Waals surface area contributed by atoms with Crippen LogP contribution >= 0.6 is 0 Å². The molecule has 7 nitrogen and oxygen atoms in total. The van der Waals surface area contributed by atoms with Crippen molar-refractivity contribution in [3.63, 3.8) is 0 Å². The van der Waals surface area contributed by atoms with E-state index >= 15 is 0 Å². The van der Waals surface area contributed by atoms with Crippen molar-refractivity contribution in [3.05, 3.63) is 60.3 Å². The predicted octanol–water partition coefficient (Wildman–Crippen LogP) is 3.77. The van der Waals surface area contributed by atoms with Gasteiger partial charge in [-0.1, -0.05) is 24.6 Å². The summed E-state index contributed by atoms with van der Waals surface area (Å²) in [6.45, 7) is 3.68. The minimum atomic E-state index is -0.142. The fourth-order valence-corrected chi connectivity index (χ4v) is 4.05. The van der Waals surface area contributed by atoms with Crippen LogP contribution in [0.5, 0.6) is 11.5 Å². The largest absolute Gasteiger partial charge is 0.497 e. The van der Waals surface area contributed by atoms with E-state index in [0.717, 1.165) is 30.9 Å². The Morgan fingerprint density at radius 2 is 1.81 bits per heavy atom. The highest BCUT2D eigenvalue weighted by molar-refractivity contribution is 6.00. The fourth-order valence-electron chi connectivity index (χ4n) is 4.05. The Hall–Kier alpha value is -3.32. The maximum absolute atomic E-state index is 13.2. The lowest BCUT2D eigenvalue weighted by atomic mass is 10.1. The number of methoxy groups -OCH3 is 2. The maximum Gasteiger partial charge on any atom is 0.255 e. The zero-order chi connectivity index (χ0) is 22.3. The van der Waals surface area contributed by atoms with Gasteiger partial charge in [-0.3, -0.25) is 4.79 Å². The number of piperidine rings is 1. The molecule has 1 amide bonds. The zero-order valence-electron chi connectivity index (χ0n) is 18.7. The first-order valence-electron chi connectivity index (χ1n) is 11.1. The Labute approximate surface area is 188 Å². The molecule has 4 rings (SSSR count). The van der Waals surface area contributed by atoms with Crippen molar-refractivity contribution in [1.29, 1.82) is 0 Å².